The zero-order chi connectivity index (χ0) is 6.43. The summed E-state index contributed by atoms with van der Waals surface area (Å²) in [5.74, 6) is 1.08. The van der Waals surface area contributed by atoms with Gasteiger partial charge in [0.05, 0.1) is 7.11 Å². The van der Waals surface area contributed by atoms with Crippen molar-refractivity contribution >= 4 is 0 Å². The fraction of sp³-hybridized carbons (Fsp3) is 0.250. The second kappa shape index (κ2) is 1.29. The highest BCUT2D eigenvalue weighted by Gasteiger charge is 2.25. The molecule has 0 aromatic heterocycles. The van der Waals surface area contributed by atoms with Gasteiger partial charge in [-0.25, -0.2) is 0 Å². The molecule has 0 saturated carbocycles. The Morgan fingerprint density at radius 3 is 2.22 bits per heavy atom. The van der Waals surface area contributed by atoms with Gasteiger partial charge >= 0.3 is 0 Å². The fourth-order valence-electron chi connectivity index (χ4n) is 1.20. The molecule has 2 aliphatic rings. The molecule has 0 fully saturated rings. The van der Waals surface area contributed by atoms with E-state index in [1.54, 1.807) is 7.11 Å². The highest BCUT2D eigenvalue weighted by molar-refractivity contribution is 5.95. The number of hydrogen-bond acceptors (Lipinski definition) is 1. The maximum absolute atomic E-state index is 5.04. The van der Waals surface area contributed by atoms with Crippen molar-refractivity contribution in [1.29, 1.82) is 0 Å². The van der Waals surface area contributed by atoms with Crippen molar-refractivity contribution in [3.05, 3.63) is 17.7 Å². The zero-order valence-electron chi connectivity index (χ0n) is 5.56. The fourth-order valence-corrected chi connectivity index (χ4v) is 1.20. The first-order chi connectivity index (χ1) is 4.33. The van der Waals surface area contributed by atoms with Gasteiger partial charge in [0.25, 0.3) is 0 Å². The third kappa shape index (κ3) is 0.489. The van der Waals surface area contributed by atoms with Crippen LogP contribution in [-0.2, 0) is 0 Å². The highest BCUT2D eigenvalue weighted by Crippen LogP contribution is 2.52. The molecule has 0 unspecified atom stereocenters. The van der Waals surface area contributed by atoms with Gasteiger partial charge in [-0.2, -0.15) is 0 Å². The number of aryl methyl sites for hydroxylation is 1. The summed E-state index contributed by atoms with van der Waals surface area (Å²) < 4.78 is 5.04. The van der Waals surface area contributed by atoms with Crippen molar-refractivity contribution in [3.8, 4) is 16.9 Å². The van der Waals surface area contributed by atoms with Gasteiger partial charge in [0.15, 0.2) is 0 Å². The van der Waals surface area contributed by atoms with E-state index in [1.807, 2.05) is 0 Å². The van der Waals surface area contributed by atoms with Crippen LogP contribution in [0.2, 0.25) is 0 Å². The monoisotopic (exact) mass is 120 g/mol. The summed E-state index contributed by atoms with van der Waals surface area (Å²) in [6.45, 7) is 2.10. The van der Waals surface area contributed by atoms with Crippen LogP contribution in [0.25, 0.3) is 11.1 Å². The second-order valence-corrected chi connectivity index (χ2v) is 2.39. The minimum Gasteiger partial charge on any atom is -0.495 e. The molecule has 1 heteroatoms. The molecule has 0 spiro atoms. The largest absolute Gasteiger partial charge is 0.495 e. The Hall–Kier alpha value is -0.980. The molecule has 2 rings (SSSR count). The van der Waals surface area contributed by atoms with E-state index in [9.17, 15) is 0 Å². The van der Waals surface area contributed by atoms with Gasteiger partial charge < -0.3 is 4.74 Å². The number of benzene rings is 1. The van der Waals surface area contributed by atoms with E-state index in [0.29, 0.717) is 0 Å². The molecule has 2 aliphatic carbocycles. The quantitative estimate of drug-likeness (QED) is 0.559. The molecule has 0 bridgehead atoms. The topological polar surface area (TPSA) is 9.23 Å². The molecule has 9 heavy (non-hydrogen) atoms. The predicted molar refractivity (Wildman–Crippen MR) is 36.7 cm³/mol. The van der Waals surface area contributed by atoms with Crippen LogP contribution in [0.5, 0.6) is 5.75 Å². The van der Waals surface area contributed by atoms with Crippen molar-refractivity contribution in [1.82, 2.24) is 0 Å². The Morgan fingerprint density at radius 1 is 1.22 bits per heavy atom. The molecule has 0 aliphatic heterocycles. The Kier molecular flexibility index (Phi) is 0.699. The number of fused-ring (bicyclic) bond motifs is 1. The predicted octanol–water partition coefficient (Wildman–Crippen LogP) is 1.98. The van der Waals surface area contributed by atoms with Crippen molar-refractivity contribution < 1.29 is 4.74 Å². The molecule has 46 valence electrons. The molecule has 0 radical (unpaired) electrons. The molecule has 0 atom stereocenters. The van der Waals surface area contributed by atoms with E-state index >= 15 is 0 Å². The Morgan fingerprint density at radius 2 is 1.78 bits per heavy atom. The van der Waals surface area contributed by atoms with Gasteiger partial charge in [-0.05, 0) is 24.6 Å². The maximum Gasteiger partial charge on any atom is 0.134 e. The minimum atomic E-state index is 1.08. The zero-order valence-corrected chi connectivity index (χ0v) is 5.56. The van der Waals surface area contributed by atoms with Crippen LogP contribution in [-0.4, -0.2) is 7.11 Å². The van der Waals surface area contributed by atoms with Gasteiger partial charge in [-0.15, -0.1) is 0 Å². The summed E-state index contributed by atoms with van der Waals surface area (Å²) in [4.78, 5) is 0. The third-order valence-corrected chi connectivity index (χ3v) is 1.67. The lowest BCUT2D eigenvalue weighted by Crippen LogP contribution is -1.70. The standard InChI is InChI=1S/C8H8O/c1-5-3-6-7(4-5)8(6)9-2/h3-4H,1-2H3. The van der Waals surface area contributed by atoms with Crippen molar-refractivity contribution in [3.63, 3.8) is 0 Å². The van der Waals surface area contributed by atoms with Gasteiger partial charge in [-0.3, -0.25) is 0 Å². The Balaban J connectivity index is 2.45. The van der Waals surface area contributed by atoms with E-state index in [4.69, 9.17) is 4.74 Å². The summed E-state index contributed by atoms with van der Waals surface area (Å²) in [5.41, 5.74) is 3.94. The first-order valence-corrected chi connectivity index (χ1v) is 3.02. The van der Waals surface area contributed by atoms with Crippen LogP contribution in [0.15, 0.2) is 12.1 Å². The summed E-state index contributed by atoms with van der Waals surface area (Å²) in [6.07, 6.45) is 0. The number of methoxy groups -OCH3 is 1. The van der Waals surface area contributed by atoms with Gasteiger partial charge in [0.2, 0.25) is 0 Å². The summed E-state index contributed by atoms with van der Waals surface area (Å²) in [6, 6.07) is 4.29. The molecule has 0 heterocycles. The lowest BCUT2D eigenvalue weighted by Gasteiger charge is -1.82. The molecule has 0 saturated heterocycles. The van der Waals surface area contributed by atoms with Crippen LogP contribution in [0.3, 0.4) is 0 Å². The van der Waals surface area contributed by atoms with Crippen molar-refractivity contribution in [2.45, 2.75) is 6.92 Å². The van der Waals surface area contributed by atoms with Gasteiger partial charge in [0, 0.05) is 11.1 Å². The third-order valence-electron chi connectivity index (χ3n) is 1.67. The lowest BCUT2D eigenvalue weighted by atomic mass is 10.4. The van der Waals surface area contributed by atoms with E-state index in [-0.39, 0.29) is 0 Å². The smallest absolute Gasteiger partial charge is 0.134 e. The molecule has 0 aromatic carbocycles. The lowest BCUT2D eigenvalue weighted by molar-refractivity contribution is 0.430. The average Bonchev–Trinajstić information content (AvgIpc) is 2.30. The Labute approximate surface area is 54.3 Å². The van der Waals surface area contributed by atoms with Crippen LogP contribution in [0, 0.1) is 6.92 Å². The molecule has 1 nitrogen and oxygen atoms in total. The van der Waals surface area contributed by atoms with Crippen LogP contribution < -0.4 is 4.74 Å². The normalized spacial score (nSPS) is 11.3. The van der Waals surface area contributed by atoms with Crippen LogP contribution in [0.4, 0.5) is 0 Å². The van der Waals surface area contributed by atoms with Crippen LogP contribution >= 0.6 is 0 Å². The van der Waals surface area contributed by atoms with E-state index in [2.05, 4.69) is 19.1 Å². The van der Waals surface area contributed by atoms with Gasteiger partial charge in [0.1, 0.15) is 5.75 Å². The minimum absolute atomic E-state index is 1.08. The molecule has 0 N–H and O–H groups in total. The highest BCUT2D eigenvalue weighted by atomic mass is 16.5. The SMILES string of the molecule is COc1c2cc(C)cc1-2. The molecule has 0 aromatic rings. The summed E-state index contributed by atoms with van der Waals surface area (Å²) in [7, 11) is 1.71. The number of ether oxygens (including phenoxy) is 1. The summed E-state index contributed by atoms with van der Waals surface area (Å²) >= 11 is 0. The van der Waals surface area contributed by atoms with E-state index < -0.39 is 0 Å². The summed E-state index contributed by atoms with van der Waals surface area (Å²) in [5, 5.41) is 0. The van der Waals surface area contributed by atoms with E-state index in [0.717, 1.165) is 5.75 Å². The van der Waals surface area contributed by atoms with Crippen LogP contribution in [0.1, 0.15) is 5.56 Å². The van der Waals surface area contributed by atoms with E-state index in [1.165, 1.54) is 16.7 Å². The average molecular weight is 120 g/mol. The van der Waals surface area contributed by atoms with Crippen molar-refractivity contribution in [2.24, 2.45) is 0 Å². The van der Waals surface area contributed by atoms with Gasteiger partial charge in [-0.1, -0.05) is 0 Å². The number of rotatable bonds is 1. The Bertz CT molecular complexity index is 240. The molecule has 0 amide bonds. The first-order valence-electron chi connectivity index (χ1n) is 3.02. The number of hydrogen-bond donors (Lipinski definition) is 0. The molecular weight excluding hydrogens is 112 g/mol. The maximum atomic E-state index is 5.04. The second-order valence-electron chi connectivity index (χ2n) is 2.39. The molecular formula is C8H8O. The first kappa shape index (κ1) is 4.86. The van der Waals surface area contributed by atoms with Crippen molar-refractivity contribution in [2.75, 3.05) is 7.11 Å².